The van der Waals surface area contributed by atoms with Gasteiger partial charge in [0.05, 0.1) is 11.9 Å². The maximum absolute atomic E-state index is 5.79. The Morgan fingerprint density at radius 1 is 1.50 bits per heavy atom. The standard InChI is InChI=1S/C9H12N4S/c1-5(2)7-8(12-13-9(7)10)6-3-11-14-4-6/h3-5H,1-2H3,(H3,10,12,13). The molecule has 0 saturated heterocycles. The molecule has 2 aromatic rings. The Morgan fingerprint density at radius 3 is 2.86 bits per heavy atom. The predicted octanol–water partition coefficient (Wildman–Crippen LogP) is 2.24. The van der Waals surface area contributed by atoms with Gasteiger partial charge in [0.2, 0.25) is 0 Å². The second-order valence-corrected chi connectivity index (χ2v) is 4.12. The average molecular weight is 208 g/mol. The molecular weight excluding hydrogens is 196 g/mol. The number of nitrogen functional groups attached to an aromatic ring is 1. The van der Waals surface area contributed by atoms with Crippen LogP contribution in [0.2, 0.25) is 0 Å². The van der Waals surface area contributed by atoms with Crippen molar-refractivity contribution in [2.24, 2.45) is 0 Å². The van der Waals surface area contributed by atoms with E-state index >= 15 is 0 Å². The fraction of sp³-hybridized carbons (Fsp3) is 0.333. The van der Waals surface area contributed by atoms with Crippen LogP contribution in [0.3, 0.4) is 0 Å². The van der Waals surface area contributed by atoms with Crippen LogP contribution in [-0.4, -0.2) is 14.6 Å². The van der Waals surface area contributed by atoms with Crippen LogP contribution >= 0.6 is 11.5 Å². The third-order valence-electron chi connectivity index (χ3n) is 2.13. The number of nitrogens with zero attached hydrogens (tertiary/aromatic N) is 2. The molecule has 74 valence electrons. The highest BCUT2D eigenvalue weighted by Crippen LogP contribution is 2.31. The van der Waals surface area contributed by atoms with Gasteiger partial charge in [-0.3, -0.25) is 5.10 Å². The lowest BCUT2D eigenvalue weighted by Crippen LogP contribution is -1.94. The molecule has 0 fully saturated rings. The first-order valence-corrected chi connectivity index (χ1v) is 5.27. The molecule has 0 radical (unpaired) electrons. The highest BCUT2D eigenvalue weighted by atomic mass is 32.1. The number of nitrogens with two attached hydrogens (primary N) is 1. The molecule has 0 spiro atoms. The van der Waals surface area contributed by atoms with Gasteiger partial charge >= 0.3 is 0 Å². The minimum absolute atomic E-state index is 0.364. The molecule has 0 aliphatic heterocycles. The minimum atomic E-state index is 0.364. The van der Waals surface area contributed by atoms with Gasteiger partial charge in [0, 0.05) is 16.5 Å². The van der Waals surface area contributed by atoms with Gasteiger partial charge in [0.25, 0.3) is 0 Å². The molecule has 2 aromatic heterocycles. The van der Waals surface area contributed by atoms with E-state index in [-0.39, 0.29) is 0 Å². The lowest BCUT2D eigenvalue weighted by atomic mass is 10.0. The fourth-order valence-electron chi connectivity index (χ4n) is 1.50. The summed E-state index contributed by atoms with van der Waals surface area (Å²) in [5.41, 5.74) is 8.91. The van der Waals surface area contributed by atoms with E-state index < -0.39 is 0 Å². The van der Waals surface area contributed by atoms with E-state index in [0.29, 0.717) is 11.7 Å². The smallest absolute Gasteiger partial charge is 0.149 e. The zero-order valence-electron chi connectivity index (χ0n) is 8.11. The Bertz CT molecular complexity index is 416. The first kappa shape index (κ1) is 9.21. The van der Waals surface area contributed by atoms with E-state index in [0.717, 1.165) is 16.8 Å². The number of anilines is 1. The van der Waals surface area contributed by atoms with Crippen LogP contribution in [0.4, 0.5) is 5.82 Å². The summed E-state index contributed by atoms with van der Waals surface area (Å²) in [7, 11) is 0. The van der Waals surface area contributed by atoms with Crippen molar-refractivity contribution in [3.63, 3.8) is 0 Å². The third-order valence-corrected chi connectivity index (χ3v) is 2.72. The van der Waals surface area contributed by atoms with Gasteiger partial charge in [0.1, 0.15) is 5.82 Å². The number of aromatic amines is 1. The summed E-state index contributed by atoms with van der Waals surface area (Å²) in [6, 6.07) is 0. The molecule has 0 unspecified atom stereocenters. The van der Waals surface area contributed by atoms with Crippen molar-refractivity contribution in [2.75, 3.05) is 5.73 Å². The number of hydrogen-bond acceptors (Lipinski definition) is 4. The molecule has 0 aliphatic rings. The summed E-state index contributed by atoms with van der Waals surface area (Å²) in [6.07, 6.45) is 1.82. The maximum atomic E-state index is 5.79. The highest BCUT2D eigenvalue weighted by molar-refractivity contribution is 7.03. The summed E-state index contributed by atoms with van der Waals surface area (Å²) in [5.74, 6) is 0.949. The molecule has 0 saturated carbocycles. The minimum Gasteiger partial charge on any atom is -0.382 e. The van der Waals surface area contributed by atoms with Crippen molar-refractivity contribution in [3.8, 4) is 11.3 Å². The van der Waals surface area contributed by atoms with E-state index in [2.05, 4.69) is 28.4 Å². The summed E-state index contributed by atoms with van der Waals surface area (Å²) in [6.45, 7) is 4.20. The van der Waals surface area contributed by atoms with Crippen LogP contribution in [0, 0.1) is 0 Å². The summed E-state index contributed by atoms with van der Waals surface area (Å²) in [5, 5.41) is 8.96. The first-order chi connectivity index (χ1) is 6.70. The molecule has 0 aliphatic carbocycles. The summed E-state index contributed by atoms with van der Waals surface area (Å²) >= 11 is 1.43. The quantitative estimate of drug-likeness (QED) is 0.795. The molecule has 3 N–H and O–H groups in total. The lowest BCUT2D eigenvalue weighted by Gasteiger charge is -2.05. The van der Waals surface area contributed by atoms with Crippen LogP contribution in [0.5, 0.6) is 0 Å². The largest absolute Gasteiger partial charge is 0.382 e. The van der Waals surface area contributed by atoms with Crippen molar-refractivity contribution >= 4 is 17.4 Å². The van der Waals surface area contributed by atoms with Crippen molar-refractivity contribution in [1.29, 1.82) is 0 Å². The second kappa shape index (κ2) is 3.42. The Hall–Kier alpha value is -1.36. The maximum Gasteiger partial charge on any atom is 0.149 e. The first-order valence-electron chi connectivity index (χ1n) is 4.43. The van der Waals surface area contributed by atoms with Crippen LogP contribution in [0.15, 0.2) is 11.6 Å². The number of rotatable bonds is 2. The van der Waals surface area contributed by atoms with Crippen LogP contribution in [0.25, 0.3) is 11.3 Å². The average Bonchev–Trinajstić information content (AvgIpc) is 2.70. The van der Waals surface area contributed by atoms with Gasteiger partial charge in [-0.2, -0.15) is 5.10 Å². The van der Waals surface area contributed by atoms with Crippen LogP contribution < -0.4 is 5.73 Å². The van der Waals surface area contributed by atoms with Crippen molar-refractivity contribution in [2.45, 2.75) is 19.8 Å². The van der Waals surface area contributed by atoms with E-state index in [9.17, 15) is 0 Å². The van der Waals surface area contributed by atoms with Crippen molar-refractivity contribution < 1.29 is 0 Å². The lowest BCUT2D eigenvalue weighted by molar-refractivity contribution is 0.873. The fourth-order valence-corrected chi connectivity index (χ4v) is 2.03. The molecule has 0 atom stereocenters. The van der Waals surface area contributed by atoms with Crippen LogP contribution in [0.1, 0.15) is 25.3 Å². The second-order valence-electron chi connectivity index (χ2n) is 3.47. The Labute approximate surface area is 86.3 Å². The monoisotopic (exact) mass is 208 g/mol. The molecule has 14 heavy (non-hydrogen) atoms. The Kier molecular flexibility index (Phi) is 2.25. The molecule has 2 rings (SSSR count). The van der Waals surface area contributed by atoms with E-state index in [1.54, 1.807) is 0 Å². The highest BCUT2D eigenvalue weighted by Gasteiger charge is 2.15. The Balaban J connectivity index is 2.54. The molecule has 0 amide bonds. The number of H-pyrrole nitrogens is 1. The van der Waals surface area contributed by atoms with Gasteiger partial charge in [-0.1, -0.05) is 13.8 Å². The topological polar surface area (TPSA) is 67.6 Å². The van der Waals surface area contributed by atoms with Gasteiger partial charge < -0.3 is 5.73 Å². The molecule has 0 aromatic carbocycles. The van der Waals surface area contributed by atoms with E-state index in [1.807, 2.05) is 11.6 Å². The van der Waals surface area contributed by atoms with Gasteiger partial charge in [-0.15, -0.1) is 0 Å². The number of aromatic nitrogens is 3. The van der Waals surface area contributed by atoms with Crippen LogP contribution in [-0.2, 0) is 0 Å². The van der Waals surface area contributed by atoms with Crippen molar-refractivity contribution in [3.05, 3.63) is 17.1 Å². The molecule has 4 nitrogen and oxygen atoms in total. The van der Waals surface area contributed by atoms with Crippen molar-refractivity contribution in [1.82, 2.24) is 14.6 Å². The van der Waals surface area contributed by atoms with E-state index in [1.165, 1.54) is 11.5 Å². The van der Waals surface area contributed by atoms with Gasteiger partial charge in [0.15, 0.2) is 0 Å². The normalized spacial score (nSPS) is 11.1. The van der Waals surface area contributed by atoms with Gasteiger partial charge in [-0.25, -0.2) is 4.37 Å². The third kappa shape index (κ3) is 1.39. The molecule has 5 heteroatoms. The predicted molar refractivity (Wildman–Crippen MR) is 58.2 cm³/mol. The number of nitrogens with one attached hydrogen (secondary N) is 1. The van der Waals surface area contributed by atoms with E-state index in [4.69, 9.17) is 5.73 Å². The van der Waals surface area contributed by atoms with Gasteiger partial charge in [-0.05, 0) is 17.5 Å². The number of hydrogen-bond donors (Lipinski definition) is 2. The SMILES string of the molecule is CC(C)c1c(N)n[nH]c1-c1cnsc1. The Morgan fingerprint density at radius 2 is 2.29 bits per heavy atom. The molecular formula is C9H12N4S. The molecule has 0 bridgehead atoms. The summed E-state index contributed by atoms with van der Waals surface area (Å²) < 4.78 is 4.06. The molecule has 2 heterocycles. The summed E-state index contributed by atoms with van der Waals surface area (Å²) in [4.78, 5) is 0. The zero-order chi connectivity index (χ0) is 10.1. The zero-order valence-corrected chi connectivity index (χ0v) is 8.93.